The molecule has 0 unspecified atom stereocenters. The van der Waals surface area contributed by atoms with Crippen LogP contribution in [0.15, 0.2) is 43.5 Å². The number of rotatable bonds is 3. The minimum absolute atomic E-state index is 0.0248. The highest BCUT2D eigenvalue weighted by atomic mass is 16.3. The monoisotopic (exact) mass is 188 g/mol. The lowest BCUT2D eigenvalue weighted by atomic mass is 10.1. The van der Waals surface area contributed by atoms with Gasteiger partial charge in [-0.1, -0.05) is 19.2 Å². The zero-order valence-corrected chi connectivity index (χ0v) is 8.07. The highest BCUT2D eigenvalue weighted by Gasteiger charge is 2.00. The molecule has 0 aliphatic heterocycles. The van der Waals surface area contributed by atoms with Gasteiger partial charge in [0, 0.05) is 11.8 Å². The van der Waals surface area contributed by atoms with E-state index in [1.54, 1.807) is 18.5 Å². The third-order valence-electron chi connectivity index (χ3n) is 1.59. The first-order chi connectivity index (χ1) is 6.63. The van der Waals surface area contributed by atoms with Gasteiger partial charge in [-0.3, -0.25) is 4.98 Å². The van der Waals surface area contributed by atoms with Crippen LogP contribution in [0.5, 0.6) is 0 Å². The molecule has 0 fully saturated rings. The van der Waals surface area contributed by atoms with Crippen molar-refractivity contribution in [3.63, 3.8) is 0 Å². The van der Waals surface area contributed by atoms with Crippen LogP contribution in [0.3, 0.4) is 0 Å². The molecule has 14 heavy (non-hydrogen) atoms. The molecule has 0 saturated heterocycles. The van der Waals surface area contributed by atoms with Crippen LogP contribution < -0.4 is 0 Å². The second-order valence-electron chi connectivity index (χ2n) is 2.84. The average molecular weight is 188 g/mol. The molecule has 0 aliphatic carbocycles. The van der Waals surface area contributed by atoms with E-state index < -0.39 is 0 Å². The summed E-state index contributed by atoms with van der Waals surface area (Å²) in [5, 5.41) is 9.02. The third-order valence-corrected chi connectivity index (χ3v) is 1.59. The summed E-state index contributed by atoms with van der Waals surface area (Å²) in [6.45, 7) is 8.86. The zero-order chi connectivity index (χ0) is 10.6. The molecular weight excluding hydrogens is 176 g/mol. The lowest BCUT2D eigenvalue weighted by Crippen LogP contribution is -1.92. The maximum atomic E-state index is 9.02. The molecule has 0 aliphatic rings. The van der Waals surface area contributed by atoms with Crippen LogP contribution >= 0.6 is 0 Å². The number of hydrogen-bond donors (Lipinski definition) is 1. The number of hydrogen-bond acceptors (Lipinski definition) is 3. The molecule has 3 nitrogen and oxygen atoms in total. The summed E-state index contributed by atoms with van der Waals surface area (Å²) in [6.07, 6.45) is 6.38. The molecule has 1 heterocycles. The topological polar surface area (TPSA) is 46.0 Å². The Bertz CT molecular complexity index is 394. The molecule has 0 radical (unpaired) electrons. The highest BCUT2D eigenvalue weighted by Crippen LogP contribution is 2.13. The number of aliphatic hydroxyl groups is 1. The lowest BCUT2D eigenvalue weighted by Gasteiger charge is -2.01. The Morgan fingerprint density at radius 1 is 1.50 bits per heavy atom. The van der Waals surface area contributed by atoms with Crippen molar-refractivity contribution in [2.75, 3.05) is 0 Å². The van der Waals surface area contributed by atoms with Gasteiger partial charge in [-0.2, -0.15) is 0 Å². The molecule has 1 aromatic heterocycles. The molecule has 0 aromatic carbocycles. The first-order valence-electron chi connectivity index (χ1n) is 4.14. The van der Waals surface area contributed by atoms with Crippen LogP contribution in [-0.2, 0) is 0 Å². The number of allylic oxidation sites excluding steroid dienone is 3. The highest BCUT2D eigenvalue weighted by molar-refractivity contribution is 5.72. The van der Waals surface area contributed by atoms with Gasteiger partial charge in [0.25, 0.3) is 0 Å². The number of aliphatic hydroxyl groups excluding tert-OH is 1. The summed E-state index contributed by atoms with van der Waals surface area (Å²) in [4.78, 5) is 8.24. The van der Waals surface area contributed by atoms with Crippen molar-refractivity contribution in [1.82, 2.24) is 9.97 Å². The van der Waals surface area contributed by atoms with E-state index in [-0.39, 0.29) is 5.76 Å². The van der Waals surface area contributed by atoms with E-state index in [0.29, 0.717) is 11.3 Å². The first kappa shape index (κ1) is 10.2. The van der Waals surface area contributed by atoms with E-state index in [1.807, 2.05) is 6.92 Å². The maximum Gasteiger partial charge on any atom is 0.109 e. The minimum Gasteiger partial charge on any atom is -0.509 e. The van der Waals surface area contributed by atoms with Gasteiger partial charge in [-0.25, -0.2) is 4.98 Å². The molecule has 0 atom stereocenters. The summed E-state index contributed by atoms with van der Waals surface area (Å²) in [7, 11) is 0. The summed E-state index contributed by atoms with van der Waals surface area (Å²) < 4.78 is 0. The zero-order valence-electron chi connectivity index (χ0n) is 8.07. The van der Waals surface area contributed by atoms with Crippen LogP contribution in [0.4, 0.5) is 0 Å². The largest absolute Gasteiger partial charge is 0.509 e. The minimum atomic E-state index is -0.0248. The van der Waals surface area contributed by atoms with E-state index in [0.717, 1.165) is 5.69 Å². The van der Waals surface area contributed by atoms with Crippen molar-refractivity contribution in [2.24, 2.45) is 0 Å². The Hall–Kier alpha value is -1.90. The first-order valence-corrected chi connectivity index (χ1v) is 4.14. The third kappa shape index (κ3) is 2.55. The number of nitrogens with zero attached hydrogens (tertiary/aromatic N) is 2. The Balaban J connectivity index is 3.13. The standard InChI is InChI=1S/C11H12N2O/c1-4-10(5-9(3)14)11-7-12-6-8(2)13-11/h4-7,14H,1,3H2,2H3/b10-5+. The van der Waals surface area contributed by atoms with Gasteiger partial charge < -0.3 is 5.11 Å². The smallest absolute Gasteiger partial charge is 0.109 e. The lowest BCUT2D eigenvalue weighted by molar-refractivity contribution is 0.435. The van der Waals surface area contributed by atoms with Gasteiger partial charge in [-0.15, -0.1) is 0 Å². The van der Waals surface area contributed by atoms with Crippen molar-refractivity contribution in [1.29, 1.82) is 0 Å². The Labute approximate surface area is 83.2 Å². The van der Waals surface area contributed by atoms with E-state index in [1.165, 1.54) is 6.08 Å². The Morgan fingerprint density at radius 2 is 2.21 bits per heavy atom. The van der Waals surface area contributed by atoms with Gasteiger partial charge in [0.2, 0.25) is 0 Å². The van der Waals surface area contributed by atoms with E-state index in [2.05, 4.69) is 23.1 Å². The van der Waals surface area contributed by atoms with Gasteiger partial charge >= 0.3 is 0 Å². The fourth-order valence-electron chi connectivity index (χ4n) is 1.02. The van der Waals surface area contributed by atoms with Gasteiger partial charge in [0.05, 0.1) is 17.6 Å². The van der Waals surface area contributed by atoms with Crippen LogP contribution in [0.2, 0.25) is 0 Å². The molecule has 3 heteroatoms. The Kier molecular flexibility index (Phi) is 3.18. The number of aromatic nitrogens is 2. The summed E-state index contributed by atoms with van der Waals surface area (Å²) in [6, 6.07) is 0. The summed E-state index contributed by atoms with van der Waals surface area (Å²) in [5.74, 6) is -0.0248. The van der Waals surface area contributed by atoms with Crippen molar-refractivity contribution in [2.45, 2.75) is 6.92 Å². The van der Waals surface area contributed by atoms with E-state index >= 15 is 0 Å². The molecular formula is C11H12N2O. The molecule has 1 aromatic rings. The van der Waals surface area contributed by atoms with Gasteiger partial charge in [0.1, 0.15) is 5.76 Å². The van der Waals surface area contributed by atoms with Crippen molar-refractivity contribution >= 4 is 5.57 Å². The van der Waals surface area contributed by atoms with Crippen molar-refractivity contribution < 1.29 is 5.11 Å². The molecule has 0 spiro atoms. The van der Waals surface area contributed by atoms with Crippen LogP contribution in [0.25, 0.3) is 5.57 Å². The van der Waals surface area contributed by atoms with E-state index in [4.69, 9.17) is 5.11 Å². The predicted molar refractivity (Wildman–Crippen MR) is 56.7 cm³/mol. The van der Waals surface area contributed by atoms with Gasteiger partial charge in [0.15, 0.2) is 0 Å². The molecule has 72 valence electrons. The summed E-state index contributed by atoms with van der Waals surface area (Å²) in [5.41, 5.74) is 2.20. The molecule has 1 rings (SSSR count). The molecule has 1 N–H and O–H groups in total. The van der Waals surface area contributed by atoms with Crippen LogP contribution in [0.1, 0.15) is 11.4 Å². The predicted octanol–water partition coefficient (Wildman–Crippen LogP) is 2.43. The second kappa shape index (κ2) is 4.37. The molecule has 0 amide bonds. The van der Waals surface area contributed by atoms with Crippen LogP contribution in [0, 0.1) is 6.92 Å². The summed E-state index contributed by atoms with van der Waals surface area (Å²) >= 11 is 0. The van der Waals surface area contributed by atoms with Gasteiger partial charge in [-0.05, 0) is 13.0 Å². The Morgan fingerprint density at radius 3 is 2.71 bits per heavy atom. The molecule has 0 saturated carbocycles. The quantitative estimate of drug-likeness (QED) is 0.585. The fraction of sp³-hybridized carbons (Fsp3) is 0.0909. The fourth-order valence-corrected chi connectivity index (χ4v) is 1.02. The normalized spacial score (nSPS) is 11.1. The number of aryl methyl sites for hydroxylation is 1. The second-order valence-corrected chi connectivity index (χ2v) is 2.84. The SMILES string of the molecule is C=C/C(=C\C(=C)O)c1cncc(C)n1. The van der Waals surface area contributed by atoms with Crippen molar-refractivity contribution in [3.8, 4) is 0 Å². The van der Waals surface area contributed by atoms with E-state index in [9.17, 15) is 0 Å². The van der Waals surface area contributed by atoms with Crippen LogP contribution in [-0.4, -0.2) is 15.1 Å². The molecule has 0 bridgehead atoms. The maximum absolute atomic E-state index is 9.02. The van der Waals surface area contributed by atoms with Crippen molar-refractivity contribution in [3.05, 3.63) is 54.9 Å². The average Bonchev–Trinajstić information content (AvgIpc) is 2.14.